The zero-order valence-electron chi connectivity index (χ0n) is 21.7. The third kappa shape index (κ3) is 4.70. The van der Waals surface area contributed by atoms with Crippen LogP contribution in [-0.2, 0) is 14.3 Å². The summed E-state index contributed by atoms with van der Waals surface area (Å²) in [4.78, 5) is 0. The van der Waals surface area contributed by atoms with Gasteiger partial charge in [-0.05, 0) is 110 Å². The first kappa shape index (κ1) is 25.0. The SMILES string of the molecule is CC(C)CCC[C@@H](C)[C@H]1CC[C@H]2[C@@H]3CCC4CC(OS(C)(=O)=O)CC[C@]4(C)[C@H]3CC[C@]12C. The molecule has 0 aromatic carbocycles. The fourth-order valence-corrected chi connectivity index (χ4v) is 10.2. The molecule has 9 atom stereocenters. The Morgan fingerprint density at radius 3 is 2.25 bits per heavy atom. The maximum absolute atomic E-state index is 11.7. The zero-order chi connectivity index (χ0) is 23.3. The van der Waals surface area contributed by atoms with E-state index in [1.807, 2.05) is 0 Å². The molecule has 0 aliphatic heterocycles. The molecule has 0 heterocycles. The van der Waals surface area contributed by atoms with Crippen LogP contribution < -0.4 is 0 Å². The van der Waals surface area contributed by atoms with Crippen molar-refractivity contribution in [2.24, 2.45) is 52.3 Å². The molecule has 0 bridgehead atoms. The van der Waals surface area contributed by atoms with Crippen molar-refractivity contribution in [1.29, 1.82) is 0 Å². The van der Waals surface area contributed by atoms with E-state index in [1.165, 1.54) is 64.0 Å². The third-order valence-electron chi connectivity index (χ3n) is 11.1. The lowest BCUT2D eigenvalue weighted by atomic mass is 9.44. The molecule has 4 fully saturated rings. The van der Waals surface area contributed by atoms with Crippen molar-refractivity contribution in [2.45, 2.75) is 118 Å². The summed E-state index contributed by atoms with van der Waals surface area (Å²) in [5.74, 6) is 5.92. The maximum atomic E-state index is 11.7. The van der Waals surface area contributed by atoms with Gasteiger partial charge in [-0.1, -0.05) is 53.9 Å². The van der Waals surface area contributed by atoms with Gasteiger partial charge in [0.1, 0.15) is 0 Å². The van der Waals surface area contributed by atoms with E-state index in [0.29, 0.717) is 16.7 Å². The summed E-state index contributed by atoms with van der Waals surface area (Å²) >= 11 is 0. The van der Waals surface area contributed by atoms with Gasteiger partial charge in [0.25, 0.3) is 10.1 Å². The second-order valence-electron chi connectivity index (χ2n) is 13.4. The van der Waals surface area contributed by atoms with Crippen molar-refractivity contribution in [2.75, 3.05) is 6.26 Å². The van der Waals surface area contributed by atoms with Gasteiger partial charge >= 0.3 is 0 Å². The Bertz CT molecular complexity index is 761. The zero-order valence-corrected chi connectivity index (χ0v) is 22.6. The van der Waals surface area contributed by atoms with Crippen molar-refractivity contribution in [3.8, 4) is 0 Å². The van der Waals surface area contributed by atoms with E-state index in [0.717, 1.165) is 54.8 Å². The molecule has 4 rings (SSSR count). The Kier molecular flexibility index (Phi) is 7.17. The molecule has 2 unspecified atom stereocenters. The summed E-state index contributed by atoms with van der Waals surface area (Å²) in [5, 5.41) is 0. The molecular formula is C28H50O3S. The number of rotatable bonds is 7. The molecule has 32 heavy (non-hydrogen) atoms. The normalized spacial score (nSPS) is 45.2. The minimum atomic E-state index is -3.35. The molecule has 4 aliphatic rings. The van der Waals surface area contributed by atoms with Gasteiger partial charge in [0.2, 0.25) is 0 Å². The van der Waals surface area contributed by atoms with E-state index in [-0.39, 0.29) is 6.10 Å². The highest BCUT2D eigenvalue weighted by Crippen LogP contribution is 2.68. The van der Waals surface area contributed by atoms with E-state index in [9.17, 15) is 8.42 Å². The van der Waals surface area contributed by atoms with Crippen LogP contribution in [0.5, 0.6) is 0 Å². The quantitative estimate of drug-likeness (QED) is 0.366. The Morgan fingerprint density at radius 2 is 1.56 bits per heavy atom. The van der Waals surface area contributed by atoms with E-state index in [4.69, 9.17) is 4.18 Å². The number of fused-ring (bicyclic) bond motifs is 5. The number of hydrogen-bond acceptors (Lipinski definition) is 3. The Balaban J connectivity index is 1.43. The average Bonchev–Trinajstić information content (AvgIpc) is 3.04. The standard InChI is InChI=1S/C28H50O3S/c1-19(2)8-7-9-20(3)24-12-13-25-23-11-10-21-18-22(31-32(6,29)30)14-16-27(21,4)26(23)15-17-28(24,25)5/h19-26H,7-18H2,1-6H3/t20-,21?,22?,23+,24-,25+,26+,27+,28-/m1/s1. The fraction of sp³-hybridized carbons (Fsp3) is 1.00. The molecule has 0 N–H and O–H groups in total. The molecular weight excluding hydrogens is 416 g/mol. The van der Waals surface area contributed by atoms with E-state index < -0.39 is 10.1 Å². The molecule has 186 valence electrons. The first-order valence-electron chi connectivity index (χ1n) is 13.8. The molecule has 0 saturated heterocycles. The molecule has 0 amide bonds. The first-order valence-corrected chi connectivity index (χ1v) is 15.6. The van der Waals surface area contributed by atoms with Gasteiger partial charge in [0.15, 0.2) is 0 Å². The van der Waals surface area contributed by atoms with Crippen molar-refractivity contribution in [1.82, 2.24) is 0 Å². The highest BCUT2D eigenvalue weighted by molar-refractivity contribution is 7.86. The van der Waals surface area contributed by atoms with Crippen LogP contribution in [0.3, 0.4) is 0 Å². The summed E-state index contributed by atoms with van der Waals surface area (Å²) in [6.45, 7) is 12.5. The molecule has 0 aromatic rings. The van der Waals surface area contributed by atoms with Gasteiger partial charge in [0.05, 0.1) is 12.4 Å². The predicted octanol–water partition coefficient (Wildman–Crippen LogP) is 7.45. The molecule has 0 spiro atoms. The smallest absolute Gasteiger partial charge is 0.264 e. The average molecular weight is 467 g/mol. The predicted molar refractivity (Wildman–Crippen MR) is 133 cm³/mol. The minimum Gasteiger partial charge on any atom is -0.267 e. The van der Waals surface area contributed by atoms with Crippen molar-refractivity contribution < 1.29 is 12.6 Å². The lowest BCUT2D eigenvalue weighted by molar-refractivity contribution is -0.126. The summed E-state index contributed by atoms with van der Waals surface area (Å²) in [7, 11) is -3.35. The molecule has 3 nitrogen and oxygen atoms in total. The third-order valence-corrected chi connectivity index (χ3v) is 11.8. The molecule has 4 saturated carbocycles. The van der Waals surface area contributed by atoms with Crippen LogP contribution in [-0.4, -0.2) is 20.8 Å². The van der Waals surface area contributed by atoms with Crippen molar-refractivity contribution in [3.05, 3.63) is 0 Å². The monoisotopic (exact) mass is 466 g/mol. The summed E-state index contributed by atoms with van der Waals surface area (Å²) < 4.78 is 28.8. The van der Waals surface area contributed by atoms with Gasteiger partial charge < -0.3 is 0 Å². The Hall–Kier alpha value is -0.0900. The first-order chi connectivity index (χ1) is 14.9. The van der Waals surface area contributed by atoms with E-state index >= 15 is 0 Å². The van der Waals surface area contributed by atoms with E-state index in [1.54, 1.807) is 0 Å². The molecule has 0 aromatic heterocycles. The topological polar surface area (TPSA) is 43.4 Å². The Morgan fingerprint density at radius 1 is 0.875 bits per heavy atom. The van der Waals surface area contributed by atoms with Crippen LogP contribution in [0.25, 0.3) is 0 Å². The maximum Gasteiger partial charge on any atom is 0.264 e. The van der Waals surface area contributed by atoms with Gasteiger partial charge in [-0.25, -0.2) is 0 Å². The van der Waals surface area contributed by atoms with E-state index in [2.05, 4.69) is 34.6 Å². The highest BCUT2D eigenvalue weighted by Gasteiger charge is 2.60. The fourth-order valence-electron chi connectivity index (χ4n) is 9.58. The second-order valence-corrected chi connectivity index (χ2v) is 15.0. The van der Waals surface area contributed by atoms with Crippen LogP contribution in [0, 0.1) is 52.3 Å². The van der Waals surface area contributed by atoms with Crippen molar-refractivity contribution >= 4 is 10.1 Å². The summed E-state index contributed by atoms with van der Waals surface area (Å²) in [6.07, 6.45) is 16.7. The number of hydrogen-bond donors (Lipinski definition) is 0. The Labute approximate surface area is 199 Å². The highest BCUT2D eigenvalue weighted by atomic mass is 32.2. The van der Waals surface area contributed by atoms with Crippen LogP contribution in [0.15, 0.2) is 0 Å². The van der Waals surface area contributed by atoms with Crippen molar-refractivity contribution in [3.63, 3.8) is 0 Å². The summed E-state index contributed by atoms with van der Waals surface area (Å²) in [6, 6.07) is 0. The molecule has 0 radical (unpaired) electrons. The lowest BCUT2D eigenvalue weighted by Gasteiger charge is -2.61. The van der Waals surface area contributed by atoms with Crippen LogP contribution >= 0.6 is 0 Å². The van der Waals surface area contributed by atoms with Gasteiger partial charge in [-0.15, -0.1) is 0 Å². The largest absolute Gasteiger partial charge is 0.267 e. The van der Waals surface area contributed by atoms with Crippen LogP contribution in [0.2, 0.25) is 0 Å². The van der Waals surface area contributed by atoms with Crippen LogP contribution in [0.1, 0.15) is 112 Å². The van der Waals surface area contributed by atoms with Crippen LogP contribution in [0.4, 0.5) is 0 Å². The molecule has 4 aliphatic carbocycles. The van der Waals surface area contributed by atoms with Gasteiger partial charge in [-0.2, -0.15) is 8.42 Å². The lowest BCUT2D eigenvalue weighted by Crippen LogP contribution is -2.54. The second kappa shape index (κ2) is 9.17. The molecule has 4 heteroatoms. The minimum absolute atomic E-state index is 0.0870. The van der Waals surface area contributed by atoms with Gasteiger partial charge in [-0.3, -0.25) is 4.18 Å². The summed E-state index contributed by atoms with van der Waals surface area (Å²) in [5.41, 5.74) is 0.945. The van der Waals surface area contributed by atoms with Gasteiger partial charge in [0, 0.05) is 0 Å².